The van der Waals surface area contributed by atoms with Crippen LogP contribution in [0.3, 0.4) is 0 Å². The number of thiol groups is 1. The van der Waals surface area contributed by atoms with Crippen LogP contribution in [-0.4, -0.2) is 45.9 Å². The number of ether oxygens (including phenoxy) is 3. The van der Waals surface area contributed by atoms with Crippen LogP contribution in [-0.2, 0) is 14.2 Å². The van der Waals surface area contributed by atoms with Crippen molar-refractivity contribution in [3.63, 3.8) is 0 Å². The lowest BCUT2D eigenvalue weighted by Gasteiger charge is -2.29. The number of rotatable bonds is 10. The normalized spacial score (nSPS) is 13.9. The predicted molar refractivity (Wildman–Crippen MR) is 74.9 cm³/mol. The summed E-state index contributed by atoms with van der Waals surface area (Å²) in [6, 6.07) is 0. The topological polar surface area (TPSA) is 27.7 Å². The molecule has 0 saturated carbocycles. The van der Waals surface area contributed by atoms with Crippen LogP contribution in [0.5, 0.6) is 0 Å². The van der Waals surface area contributed by atoms with Crippen molar-refractivity contribution in [3.8, 4) is 0 Å². The van der Waals surface area contributed by atoms with Gasteiger partial charge >= 0.3 is 0 Å². The Morgan fingerprint density at radius 1 is 1.00 bits per heavy atom. The minimum Gasteiger partial charge on any atom is -0.382 e. The van der Waals surface area contributed by atoms with Crippen molar-refractivity contribution in [2.24, 2.45) is 11.3 Å². The molecule has 0 aromatic heterocycles. The van der Waals surface area contributed by atoms with E-state index >= 15 is 0 Å². The molecule has 0 aliphatic rings. The van der Waals surface area contributed by atoms with Gasteiger partial charge in [0.15, 0.2) is 0 Å². The molecule has 0 heterocycles. The molecule has 0 radical (unpaired) electrons. The molecule has 0 N–H and O–H groups in total. The lowest BCUT2D eigenvalue weighted by Crippen LogP contribution is -2.27. The molecule has 1 atom stereocenters. The lowest BCUT2D eigenvalue weighted by atomic mass is 9.82. The van der Waals surface area contributed by atoms with Gasteiger partial charge in [-0.25, -0.2) is 0 Å². The Bertz CT molecular complexity index is 169. The molecule has 0 amide bonds. The monoisotopic (exact) mass is 264 g/mol. The lowest BCUT2D eigenvalue weighted by molar-refractivity contribution is 0.0341. The summed E-state index contributed by atoms with van der Waals surface area (Å²) in [5, 5.41) is 0. The maximum absolute atomic E-state index is 5.66. The van der Waals surface area contributed by atoms with Gasteiger partial charge in [-0.15, -0.1) is 0 Å². The van der Waals surface area contributed by atoms with Crippen molar-refractivity contribution >= 4 is 12.6 Å². The van der Waals surface area contributed by atoms with E-state index in [9.17, 15) is 0 Å². The maximum atomic E-state index is 5.66. The molecule has 0 aromatic rings. The zero-order chi connectivity index (χ0) is 13.1. The number of hydrogen-bond acceptors (Lipinski definition) is 4. The minimum atomic E-state index is 0.261. The molecule has 104 valence electrons. The summed E-state index contributed by atoms with van der Waals surface area (Å²) in [7, 11) is 1.68. The van der Waals surface area contributed by atoms with Crippen molar-refractivity contribution in [1.82, 2.24) is 0 Å². The van der Waals surface area contributed by atoms with E-state index in [1.807, 2.05) is 0 Å². The minimum absolute atomic E-state index is 0.261. The summed E-state index contributed by atoms with van der Waals surface area (Å²) in [5.74, 6) is 1.37. The summed E-state index contributed by atoms with van der Waals surface area (Å²) in [4.78, 5) is 0. The first kappa shape index (κ1) is 17.2. The molecule has 4 heteroatoms. The summed E-state index contributed by atoms with van der Waals surface area (Å²) in [6.07, 6.45) is 0.938. The highest BCUT2D eigenvalue weighted by Gasteiger charge is 2.23. The maximum Gasteiger partial charge on any atom is 0.0700 e. The highest BCUT2D eigenvalue weighted by atomic mass is 32.1. The Hall–Kier alpha value is 0.230. The van der Waals surface area contributed by atoms with E-state index in [0.717, 1.165) is 32.0 Å². The second-order valence-corrected chi connectivity index (χ2v) is 5.64. The first-order valence-corrected chi connectivity index (χ1v) is 6.91. The van der Waals surface area contributed by atoms with E-state index in [-0.39, 0.29) is 5.41 Å². The van der Waals surface area contributed by atoms with Crippen LogP contribution in [0, 0.1) is 11.3 Å². The number of hydrogen-bond donors (Lipinski definition) is 1. The standard InChI is InChI=1S/C13H28O3S/c1-13(2,3)12(11-17)10-16-7-5-6-15-9-8-14-4/h12,17H,5-11H2,1-4H3. The van der Waals surface area contributed by atoms with Crippen LogP contribution in [0.25, 0.3) is 0 Å². The molecule has 0 bridgehead atoms. The third-order valence-electron chi connectivity index (χ3n) is 2.77. The molecule has 17 heavy (non-hydrogen) atoms. The van der Waals surface area contributed by atoms with E-state index in [4.69, 9.17) is 14.2 Å². The third-order valence-corrected chi connectivity index (χ3v) is 3.21. The Balaban J connectivity index is 3.38. The smallest absolute Gasteiger partial charge is 0.0700 e. The van der Waals surface area contributed by atoms with Gasteiger partial charge < -0.3 is 14.2 Å². The molecule has 0 fully saturated rings. The van der Waals surface area contributed by atoms with Crippen molar-refractivity contribution in [3.05, 3.63) is 0 Å². The first-order chi connectivity index (χ1) is 8.02. The van der Waals surface area contributed by atoms with Gasteiger partial charge in [0, 0.05) is 20.3 Å². The second-order valence-electron chi connectivity index (χ2n) is 5.28. The SMILES string of the molecule is COCCOCCCOCC(CS)C(C)(C)C. The van der Waals surface area contributed by atoms with Crippen molar-refractivity contribution < 1.29 is 14.2 Å². The summed E-state index contributed by atoms with van der Waals surface area (Å²) < 4.78 is 15.9. The van der Waals surface area contributed by atoms with Crippen LogP contribution in [0.15, 0.2) is 0 Å². The molecule has 0 saturated heterocycles. The Morgan fingerprint density at radius 3 is 2.18 bits per heavy atom. The second kappa shape index (κ2) is 10.2. The van der Waals surface area contributed by atoms with Crippen LogP contribution in [0.2, 0.25) is 0 Å². The highest BCUT2D eigenvalue weighted by molar-refractivity contribution is 7.80. The zero-order valence-electron chi connectivity index (χ0n) is 11.7. The van der Waals surface area contributed by atoms with E-state index in [1.54, 1.807) is 7.11 Å². The average molecular weight is 264 g/mol. The summed E-state index contributed by atoms with van der Waals surface area (Å²) in [6.45, 7) is 10.3. The summed E-state index contributed by atoms with van der Waals surface area (Å²) in [5.41, 5.74) is 0.261. The zero-order valence-corrected chi connectivity index (χ0v) is 12.6. The van der Waals surface area contributed by atoms with Gasteiger partial charge in [0.1, 0.15) is 0 Å². The van der Waals surface area contributed by atoms with Gasteiger partial charge in [-0.05, 0) is 23.5 Å². The average Bonchev–Trinajstić information content (AvgIpc) is 2.25. The van der Waals surface area contributed by atoms with Crippen LogP contribution in [0.4, 0.5) is 0 Å². The third kappa shape index (κ3) is 9.89. The van der Waals surface area contributed by atoms with E-state index < -0.39 is 0 Å². The fourth-order valence-electron chi connectivity index (χ4n) is 1.31. The van der Waals surface area contributed by atoms with E-state index in [1.165, 1.54) is 0 Å². The molecular weight excluding hydrogens is 236 g/mol. The number of methoxy groups -OCH3 is 1. The Labute approximate surface area is 112 Å². The van der Waals surface area contributed by atoms with E-state index in [0.29, 0.717) is 19.1 Å². The molecule has 3 nitrogen and oxygen atoms in total. The molecule has 1 unspecified atom stereocenters. The predicted octanol–water partition coefficient (Wildman–Crippen LogP) is 2.65. The van der Waals surface area contributed by atoms with Crippen molar-refractivity contribution in [2.45, 2.75) is 27.2 Å². The molecule has 0 rings (SSSR count). The Kier molecular flexibility index (Phi) is 10.3. The van der Waals surface area contributed by atoms with E-state index in [2.05, 4.69) is 33.4 Å². The molecule has 0 aliphatic heterocycles. The molecule has 0 spiro atoms. The largest absolute Gasteiger partial charge is 0.382 e. The van der Waals surface area contributed by atoms with Gasteiger partial charge in [0.2, 0.25) is 0 Å². The Morgan fingerprint density at radius 2 is 1.65 bits per heavy atom. The van der Waals surface area contributed by atoms with Gasteiger partial charge in [-0.2, -0.15) is 12.6 Å². The van der Waals surface area contributed by atoms with Gasteiger partial charge in [0.25, 0.3) is 0 Å². The van der Waals surface area contributed by atoms with Crippen molar-refractivity contribution in [1.29, 1.82) is 0 Å². The van der Waals surface area contributed by atoms with Gasteiger partial charge in [0.05, 0.1) is 19.8 Å². The highest BCUT2D eigenvalue weighted by Crippen LogP contribution is 2.26. The molecule has 0 aliphatic carbocycles. The molecule has 0 aromatic carbocycles. The quantitative estimate of drug-likeness (QED) is 0.485. The van der Waals surface area contributed by atoms with Crippen molar-refractivity contribution in [2.75, 3.05) is 45.9 Å². The summed E-state index contributed by atoms with van der Waals surface area (Å²) >= 11 is 4.37. The van der Waals surface area contributed by atoms with Crippen LogP contribution >= 0.6 is 12.6 Å². The van der Waals surface area contributed by atoms with Crippen LogP contribution in [0.1, 0.15) is 27.2 Å². The van der Waals surface area contributed by atoms with Crippen LogP contribution < -0.4 is 0 Å². The van der Waals surface area contributed by atoms with Gasteiger partial charge in [-0.3, -0.25) is 0 Å². The fourth-order valence-corrected chi connectivity index (χ4v) is 1.96. The van der Waals surface area contributed by atoms with Gasteiger partial charge in [-0.1, -0.05) is 20.8 Å². The fraction of sp³-hybridized carbons (Fsp3) is 1.00. The molecular formula is C13H28O3S. The first-order valence-electron chi connectivity index (χ1n) is 6.27.